The lowest BCUT2D eigenvalue weighted by atomic mass is 9.94. The van der Waals surface area contributed by atoms with Crippen molar-refractivity contribution in [2.24, 2.45) is 5.92 Å². The van der Waals surface area contributed by atoms with Gasteiger partial charge < -0.3 is 15.4 Å². The van der Waals surface area contributed by atoms with E-state index in [4.69, 9.17) is 4.74 Å². The molecule has 0 spiro atoms. The molecular weight excluding hydrogens is 264 g/mol. The van der Waals surface area contributed by atoms with Crippen LogP contribution in [0.3, 0.4) is 0 Å². The predicted octanol–water partition coefficient (Wildman–Crippen LogP) is 1.87. The summed E-state index contributed by atoms with van der Waals surface area (Å²) in [7, 11) is 0. The van der Waals surface area contributed by atoms with Crippen molar-refractivity contribution in [2.45, 2.75) is 51.0 Å². The number of piperidine rings is 1. The lowest BCUT2D eigenvalue weighted by molar-refractivity contribution is -0.122. The van der Waals surface area contributed by atoms with E-state index in [0.717, 1.165) is 51.9 Å². The number of carbonyl (C=O) groups is 1. The van der Waals surface area contributed by atoms with Gasteiger partial charge in [0.1, 0.15) is 0 Å². The number of carbonyl (C=O) groups excluding carboxylic acids is 1. The molecule has 2 aliphatic rings. The van der Waals surface area contributed by atoms with Gasteiger partial charge in [-0.3, -0.25) is 4.79 Å². The Morgan fingerprint density at radius 1 is 1.21 bits per heavy atom. The summed E-state index contributed by atoms with van der Waals surface area (Å²) >= 11 is 0. The number of hydrogen-bond donors (Lipinski definition) is 2. The van der Waals surface area contributed by atoms with Gasteiger partial charge in [0.15, 0.2) is 0 Å². The third kappa shape index (κ3) is 6.59. The van der Waals surface area contributed by atoms with Gasteiger partial charge in [0, 0.05) is 19.6 Å². The van der Waals surface area contributed by atoms with Gasteiger partial charge in [0.25, 0.3) is 0 Å². The van der Waals surface area contributed by atoms with Gasteiger partial charge in [0.2, 0.25) is 5.91 Å². The van der Waals surface area contributed by atoms with E-state index in [1.807, 2.05) is 0 Å². The molecule has 0 aromatic rings. The van der Waals surface area contributed by atoms with E-state index >= 15 is 0 Å². The Bertz CT molecular complexity index is 252. The van der Waals surface area contributed by atoms with Gasteiger partial charge in [-0.1, -0.05) is 0 Å². The van der Waals surface area contributed by atoms with E-state index in [1.165, 1.54) is 12.8 Å². The van der Waals surface area contributed by atoms with Gasteiger partial charge in [-0.15, -0.1) is 12.4 Å². The Labute approximate surface area is 122 Å². The fraction of sp³-hybridized carbons (Fsp3) is 0.929. The number of amides is 1. The van der Waals surface area contributed by atoms with Gasteiger partial charge in [-0.25, -0.2) is 0 Å². The average Bonchev–Trinajstić information content (AvgIpc) is 2.41. The molecule has 112 valence electrons. The maximum absolute atomic E-state index is 11.8. The van der Waals surface area contributed by atoms with Crippen LogP contribution in [0.1, 0.15) is 44.9 Å². The fourth-order valence-electron chi connectivity index (χ4n) is 2.83. The van der Waals surface area contributed by atoms with Gasteiger partial charge in [0.05, 0.1) is 6.10 Å². The Morgan fingerprint density at radius 3 is 2.68 bits per heavy atom. The lowest BCUT2D eigenvalue weighted by Gasteiger charge is -2.23. The minimum Gasteiger partial charge on any atom is -0.378 e. The predicted molar refractivity (Wildman–Crippen MR) is 78.7 cm³/mol. The number of rotatable bonds is 5. The van der Waals surface area contributed by atoms with Gasteiger partial charge in [-0.05, 0) is 57.5 Å². The highest BCUT2D eigenvalue weighted by Gasteiger charge is 2.17. The first-order valence-corrected chi connectivity index (χ1v) is 7.43. The minimum atomic E-state index is 0. The summed E-state index contributed by atoms with van der Waals surface area (Å²) in [6.45, 7) is 3.80. The molecule has 1 amide bonds. The molecule has 1 atom stereocenters. The van der Waals surface area contributed by atoms with Crippen LogP contribution in [0.25, 0.3) is 0 Å². The molecule has 5 heteroatoms. The highest BCUT2D eigenvalue weighted by molar-refractivity contribution is 5.85. The molecule has 0 aliphatic carbocycles. The van der Waals surface area contributed by atoms with E-state index in [9.17, 15) is 4.79 Å². The molecule has 4 nitrogen and oxygen atoms in total. The zero-order chi connectivity index (χ0) is 12.6. The standard InChI is InChI=1S/C14H26N2O2.ClH/c17-14(11-12-4-7-15-8-5-12)16-9-6-13-3-1-2-10-18-13;/h12-13,15H,1-11H2,(H,16,17);1H. The summed E-state index contributed by atoms with van der Waals surface area (Å²) in [6, 6.07) is 0. The molecule has 1 unspecified atom stereocenters. The van der Waals surface area contributed by atoms with Crippen molar-refractivity contribution in [1.82, 2.24) is 10.6 Å². The molecule has 2 saturated heterocycles. The summed E-state index contributed by atoms with van der Waals surface area (Å²) in [4.78, 5) is 11.8. The molecule has 0 saturated carbocycles. The quantitative estimate of drug-likeness (QED) is 0.813. The van der Waals surface area contributed by atoms with Crippen LogP contribution in [-0.2, 0) is 9.53 Å². The van der Waals surface area contributed by atoms with Crippen LogP contribution < -0.4 is 10.6 Å². The first-order valence-electron chi connectivity index (χ1n) is 7.43. The number of ether oxygens (including phenoxy) is 1. The maximum atomic E-state index is 11.8. The normalized spacial score (nSPS) is 24.5. The molecular formula is C14H27ClN2O2. The first-order chi connectivity index (χ1) is 8.84. The zero-order valence-electron chi connectivity index (χ0n) is 11.7. The topological polar surface area (TPSA) is 50.4 Å². The summed E-state index contributed by atoms with van der Waals surface area (Å²) < 4.78 is 5.65. The van der Waals surface area contributed by atoms with Crippen molar-refractivity contribution in [1.29, 1.82) is 0 Å². The van der Waals surface area contributed by atoms with Crippen LogP contribution >= 0.6 is 12.4 Å². The van der Waals surface area contributed by atoms with Crippen LogP contribution in [0.4, 0.5) is 0 Å². The summed E-state index contributed by atoms with van der Waals surface area (Å²) in [5, 5.41) is 6.36. The Morgan fingerprint density at radius 2 is 2.00 bits per heavy atom. The SMILES string of the molecule is Cl.O=C(CC1CCNCC1)NCCC1CCCCO1. The lowest BCUT2D eigenvalue weighted by Crippen LogP contribution is -2.33. The monoisotopic (exact) mass is 290 g/mol. The second-order valence-corrected chi connectivity index (χ2v) is 5.52. The molecule has 2 N–H and O–H groups in total. The first kappa shape index (κ1) is 16.7. The van der Waals surface area contributed by atoms with Crippen LogP contribution in [-0.4, -0.2) is 38.3 Å². The zero-order valence-corrected chi connectivity index (χ0v) is 12.5. The molecule has 0 radical (unpaired) electrons. The second kappa shape index (κ2) is 9.56. The molecule has 0 aromatic carbocycles. The highest BCUT2D eigenvalue weighted by Crippen LogP contribution is 2.16. The van der Waals surface area contributed by atoms with Gasteiger partial charge in [-0.2, -0.15) is 0 Å². The van der Waals surface area contributed by atoms with Crippen molar-refractivity contribution in [2.75, 3.05) is 26.2 Å². The third-order valence-electron chi connectivity index (χ3n) is 4.00. The molecule has 0 aromatic heterocycles. The van der Waals surface area contributed by atoms with Crippen molar-refractivity contribution in [3.05, 3.63) is 0 Å². The van der Waals surface area contributed by atoms with Crippen molar-refractivity contribution in [3.63, 3.8) is 0 Å². The molecule has 0 bridgehead atoms. The van der Waals surface area contributed by atoms with Crippen LogP contribution in [0.5, 0.6) is 0 Å². The van der Waals surface area contributed by atoms with Crippen molar-refractivity contribution in [3.8, 4) is 0 Å². The molecule has 2 heterocycles. The third-order valence-corrected chi connectivity index (χ3v) is 4.00. The van der Waals surface area contributed by atoms with E-state index in [-0.39, 0.29) is 18.3 Å². The maximum Gasteiger partial charge on any atom is 0.220 e. The highest BCUT2D eigenvalue weighted by atomic mass is 35.5. The molecule has 19 heavy (non-hydrogen) atoms. The van der Waals surface area contributed by atoms with E-state index in [1.54, 1.807) is 0 Å². The van der Waals surface area contributed by atoms with Crippen molar-refractivity contribution >= 4 is 18.3 Å². The van der Waals surface area contributed by atoms with E-state index < -0.39 is 0 Å². The van der Waals surface area contributed by atoms with Gasteiger partial charge >= 0.3 is 0 Å². The smallest absolute Gasteiger partial charge is 0.220 e. The van der Waals surface area contributed by atoms with Crippen LogP contribution in [0, 0.1) is 5.92 Å². The summed E-state index contributed by atoms with van der Waals surface area (Å²) in [6.07, 6.45) is 7.94. The Kier molecular flexibility index (Phi) is 8.42. The Hall–Kier alpha value is -0.320. The molecule has 2 fully saturated rings. The van der Waals surface area contributed by atoms with E-state index in [0.29, 0.717) is 18.4 Å². The number of hydrogen-bond acceptors (Lipinski definition) is 3. The summed E-state index contributed by atoms with van der Waals surface area (Å²) in [5.74, 6) is 0.801. The average molecular weight is 291 g/mol. The van der Waals surface area contributed by atoms with Crippen molar-refractivity contribution < 1.29 is 9.53 Å². The summed E-state index contributed by atoms with van der Waals surface area (Å²) in [5.41, 5.74) is 0. The van der Waals surface area contributed by atoms with Crippen LogP contribution in [0.15, 0.2) is 0 Å². The minimum absolute atomic E-state index is 0. The largest absolute Gasteiger partial charge is 0.378 e. The Balaban J connectivity index is 0.00000180. The number of halogens is 1. The van der Waals surface area contributed by atoms with E-state index in [2.05, 4.69) is 10.6 Å². The second-order valence-electron chi connectivity index (χ2n) is 5.52. The molecule has 2 rings (SSSR count). The molecule has 2 aliphatic heterocycles. The fourth-order valence-corrected chi connectivity index (χ4v) is 2.83. The van der Waals surface area contributed by atoms with Crippen LogP contribution in [0.2, 0.25) is 0 Å². The number of nitrogens with one attached hydrogen (secondary N) is 2.